The normalized spacial score (nSPS) is 32.9. The monoisotopic (exact) mass is 200 g/mol. The Morgan fingerprint density at radius 3 is 2.93 bits per heavy atom. The van der Waals surface area contributed by atoms with Crippen LogP contribution in [0.25, 0.3) is 0 Å². The molecule has 4 heteroatoms. The van der Waals surface area contributed by atoms with Gasteiger partial charge in [0.1, 0.15) is 0 Å². The molecular weight excluding hydrogens is 180 g/mol. The highest BCUT2D eigenvalue weighted by Crippen LogP contribution is 2.27. The fraction of sp³-hybridized carbons (Fsp3) is 0.900. The molecule has 1 saturated heterocycles. The van der Waals surface area contributed by atoms with E-state index in [1.807, 2.05) is 13.8 Å². The summed E-state index contributed by atoms with van der Waals surface area (Å²) in [6.07, 6.45) is 2.36. The quantitative estimate of drug-likeness (QED) is 0.691. The fourth-order valence-electron chi connectivity index (χ4n) is 2.26. The Bertz CT molecular complexity index is 204. The van der Waals surface area contributed by atoms with Crippen molar-refractivity contribution in [2.75, 3.05) is 13.2 Å². The van der Waals surface area contributed by atoms with Crippen LogP contribution in [0.1, 0.15) is 33.1 Å². The highest BCUT2D eigenvalue weighted by atomic mass is 16.5. The van der Waals surface area contributed by atoms with Crippen molar-refractivity contribution >= 4 is 5.91 Å². The molecule has 1 rings (SSSR count). The number of rotatable bonds is 4. The number of hydrogen-bond acceptors (Lipinski definition) is 3. The number of nitrogens with two attached hydrogens (primary N) is 1. The second-order valence-electron chi connectivity index (χ2n) is 4.09. The molecule has 1 amide bonds. The lowest BCUT2D eigenvalue weighted by Crippen LogP contribution is -2.53. The average molecular weight is 200 g/mol. The Kier molecular flexibility index (Phi) is 3.89. The molecule has 0 aromatic carbocycles. The highest BCUT2D eigenvalue weighted by molar-refractivity contribution is 5.75. The van der Waals surface area contributed by atoms with Gasteiger partial charge in [-0.2, -0.15) is 0 Å². The summed E-state index contributed by atoms with van der Waals surface area (Å²) in [6, 6.07) is 0. The van der Waals surface area contributed by atoms with E-state index >= 15 is 0 Å². The van der Waals surface area contributed by atoms with Crippen LogP contribution in [-0.4, -0.2) is 30.7 Å². The molecular formula is C10H20N2O2. The first kappa shape index (κ1) is 11.5. The van der Waals surface area contributed by atoms with E-state index in [9.17, 15) is 4.79 Å². The number of primary amides is 1. The number of nitrogens with one attached hydrogen (secondary N) is 1. The van der Waals surface area contributed by atoms with Crippen molar-refractivity contribution in [3.63, 3.8) is 0 Å². The number of carbonyl (C=O) groups excluding carboxylic acids is 1. The zero-order valence-corrected chi connectivity index (χ0v) is 9.01. The number of amides is 1. The predicted molar refractivity (Wildman–Crippen MR) is 54.9 cm³/mol. The molecule has 1 aliphatic rings. The lowest BCUT2D eigenvalue weighted by atomic mass is 9.83. The second-order valence-corrected chi connectivity index (χ2v) is 4.09. The molecule has 0 aromatic rings. The van der Waals surface area contributed by atoms with Gasteiger partial charge in [-0.1, -0.05) is 6.92 Å². The zero-order valence-electron chi connectivity index (χ0n) is 9.01. The van der Waals surface area contributed by atoms with Crippen LogP contribution in [0, 0.1) is 0 Å². The van der Waals surface area contributed by atoms with Gasteiger partial charge in [0, 0.05) is 18.6 Å². The Labute approximate surface area is 85.2 Å². The summed E-state index contributed by atoms with van der Waals surface area (Å²) >= 11 is 0. The van der Waals surface area contributed by atoms with Gasteiger partial charge in [-0.15, -0.1) is 0 Å². The minimum absolute atomic E-state index is 0.127. The summed E-state index contributed by atoms with van der Waals surface area (Å²) in [5.74, 6) is -0.236. The summed E-state index contributed by atoms with van der Waals surface area (Å²) in [7, 11) is 0. The van der Waals surface area contributed by atoms with Gasteiger partial charge >= 0.3 is 0 Å². The first-order valence-corrected chi connectivity index (χ1v) is 5.23. The van der Waals surface area contributed by atoms with Crippen LogP contribution >= 0.6 is 0 Å². The van der Waals surface area contributed by atoms with E-state index in [2.05, 4.69) is 5.32 Å². The molecule has 1 aliphatic heterocycles. The van der Waals surface area contributed by atoms with Gasteiger partial charge in [0.15, 0.2) is 0 Å². The molecule has 1 fully saturated rings. The van der Waals surface area contributed by atoms with Crippen LogP contribution in [0.5, 0.6) is 0 Å². The SMILES string of the molecule is CCNC1(CC(N)=O)CCOC(C)C1. The van der Waals surface area contributed by atoms with E-state index in [1.165, 1.54) is 0 Å². The maximum atomic E-state index is 11.0. The first-order chi connectivity index (χ1) is 6.58. The third-order valence-corrected chi connectivity index (χ3v) is 2.73. The number of carbonyl (C=O) groups is 1. The average Bonchev–Trinajstić information content (AvgIpc) is 2.02. The molecule has 2 unspecified atom stereocenters. The molecule has 82 valence electrons. The summed E-state index contributed by atoms with van der Waals surface area (Å²) in [5.41, 5.74) is 5.14. The van der Waals surface area contributed by atoms with Crippen molar-refractivity contribution in [2.45, 2.75) is 44.8 Å². The van der Waals surface area contributed by atoms with Crippen LogP contribution in [0.2, 0.25) is 0 Å². The molecule has 14 heavy (non-hydrogen) atoms. The lowest BCUT2D eigenvalue weighted by Gasteiger charge is -2.40. The molecule has 0 saturated carbocycles. The van der Waals surface area contributed by atoms with E-state index in [1.54, 1.807) is 0 Å². The summed E-state index contributed by atoms with van der Waals surface area (Å²) in [6.45, 7) is 5.65. The number of ether oxygens (including phenoxy) is 1. The Hall–Kier alpha value is -0.610. The summed E-state index contributed by atoms with van der Waals surface area (Å²) in [5, 5.41) is 3.38. The molecule has 1 heterocycles. The molecule has 4 nitrogen and oxygen atoms in total. The number of hydrogen-bond donors (Lipinski definition) is 2. The van der Waals surface area contributed by atoms with Crippen molar-refractivity contribution in [3.8, 4) is 0 Å². The van der Waals surface area contributed by atoms with E-state index in [-0.39, 0.29) is 17.6 Å². The predicted octanol–water partition coefficient (Wildman–Crippen LogP) is 0.409. The second kappa shape index (κ2) is 4.75. The molecule has 3 N–H and O–H groups in total. The zero-order chi connectivity index (χ0) is 10.6. The molecule has 0 aromatic heterocycles. The van der Waals surface area contributed by atoms with Crippen LogP contribution in [0.3, 0.4) is 0 Å². The van der Waals surface area contributed by atoms with Crippen molar-refractivity contribution in [3.05, 3.63) is 0 Å². The lowest BCUT2D eigenvalue weighted by molar-refractivity contribution is -0.121. The Morgan fingerprint density at radius 1 is 1.71 bits per heavy atom. The van der Waals surface area contributed by atoms with Gasteiger partial charge in [0.25, 0.3) is 0 Å². The first-order valence-electron chi connectivity index (χ1n) is 5.23. The van der Waals surface area contributed by atoms with Crippen LogP contribution < -0.4 is 11.1 Å². The maximum Gasteiger partial charge on any atom is 0.219 e. The van der Waals surface area contributed by atoms with Gasteiger partial charge in [-0.3, -0.25) is 4.79 Å². The molecule has 0 spiro atoms. The fourth-order valence-corrected chi connectivity index (χ4v) is 2.26. The van der Waals surface area contributed by atoms with Crippen molar-refractivity contribution in [2.24, 2.45) is 5.73 Å². The molecule has 2 atom stereocenters. The van der Waals surface area contributed by atoms with Crippen LogP contribution in [0.15, 0.2) is 0 Å². The van der Waals surface area contributed by atoms with E-state index in [0.717, 1.165) is 19.4 Å². The maximum absolute atomic E-state index is 11.0. The van der Waals surface area contributed by atoms with Gasteiger partial charge in [0.05, 0.1) is 6.10 Å². The minimum atomic E-state index is -0.236. The Balaban J connectivity index is 2.64. The van der Waals surface area contributed by atoms with Gasteiger partial charge in [-0.05, 0) is 26.3 Å². The summed E-state index contributed by atoms with van der Waals surface area (Å²) in [4.78, 5) is 11.0. The van der Waals surface area contributed by atoms with Gasteiger partial charge < -0.3 is 15.8 Å². The van der Waals surface area contributed by atoms with E-state index < -0.39 is 0 Å². The van der Waals surface area contributed by atoms with Crippen molar-refractivity contribution < 1.29 is 9.53 Å². The van der Waals surface area contributed by atoms with E-state index in [4.69, 9.17) is 10.5 Å². The smallest absolute Gasteiger partial charge is 0.219 e. The van der Waals surface area contributed by atoms with Crippen LogP contribution in [0.4, 0.5) is 0 Å². The largest absolute Gasteiger partial charge is 0.378 e. The van der Waals surface area contributed by atoms with E-state index in [0.29, 0.717) is 13.0 Å². The standard InChI is InChI=1S/C10H20N2O2/c1-3-12-10(7-9(11)13)4-5-14-8(2)6-10/h8,12H,3-7H2,1-2H3,(H2,11,13). The molecule has 0 aliphatic carbocycles. The van der Waals surface area contributed by atoms with Crippen molar-refractivity contribution in [1.29, 1.82) is 0 Å². The third kappa shape index (κ3) is 2.96. The summed E-state index contributed by atoms with van der Waals surface area (Å²) < 4.78 is 5.47. The highest BCUT2D eigenvalue weighted by Gasteiger charge is 2.35. The van der Waals surface area contributed by atoms with Crippen molar-refractivity contribution in [1.82, 2.24) is 5.32 Å². The minimum Gasteiger partial charge on any atom is -0.378 e. The van der Waals surface area contributed by atoms with Gasteiger partial charge in [-0.25, -0.2) is 0 Å². The Morgan fingerprint density at radius 2 is 2.43 bits per heavy atom. The topological polar surface area (TPSA) is 64.3 Å². The molecule has 0 bridgehead atoms. The third-order valence-electron chi connectivity index (χ3n) is 2.73. The van der Waals surface area contributed by atoms with Crippen LogP contribution in [-0.2, 0) is 9.53 Å². The van der Waals surface area contributed by atoms with Gasteiger partial charge in [0.2, 0.25) is 5.91 Å². The molecule has 0 radical (unpaired) electrons.